The van der Waals surface area contributed by atoms with Crippen molar-refractivity contribution in [2.24, 2.45) is 0 Å². The summed E-state index contributed by atoms with van der Waals surface area (Å²) in [5, 5.41) is 13.2. The molecular formula is C10H8Cl2N2. The number of nitriles is 1. The Bertz CT molecular complexity index is 405. The Morgan fingerprint density at radius 3 is 2.64 bits per heavy atom. The Hall–Kier alpha value is -0.750. The fraction of sp³-hybridized carbons (Fsp3) is 0.300. The quantitative estimate of drug-likeness (QED) is 0.800. The van der Waals surface area contributed by atoms with Gasteiger partial charge in [0.2, 0.25) is 0 Å². The van der Waals surface area contributed by atoms with Crippen molar-refractivity contribution in [2.75, 3.05) is 6.54 Å². The zero-order valence-electron chi connectivity index (χ0n) is 7.35. The van der Waals surface area contributed by atoms with Gasteiger partial charge in [-0.05, 0) is 25.1 Å². The van der Waals surface area contributed by atoms with Gasteiger partial charge < -0.3 is 5.32 Å². The number of benzene rings is 1. The molecule has 1 heterocycles. The van der Waals surface area contributed by atoms with E-state index in [-0.39, 0.29) is 6.04 Å². The lowest BCUT2D eigenvalue weighted by Crippen LogP contribution is -2.35. The summed E-state index contributed by atoms with van der Waals surface area (Å²) in [7, 11) is 0. The Morgan fingerprint density at radius 1 is 1.43 bits per heavy atom. The Labute approximate surface area is 92.4 Å². The smallest absolute Gasteiger partial charge is 0.0996 e. The molecule has 1 aromatic carbocycles. The number of rotatable bonds is 1. The van der Waals surface area contributed by atoms with E-state index in [4.69, 9.17) is 28.5 Å². The van der Waals surface area contributed by atoms with E-state index in [1.165, 1.54) is 0 Å². The molecule has 0 aromatic heterocycles. The van der Waals surface area contributed by atoms with Crippen LogP contribution in [0.1, 0.15) is 23.6 Å². The molecule has 1 aliphatic rings. The average Bonchev–Trinajstić information content (AvgIpc) is 2.05. The van der Waals surface area contributed by atoms with Crippen molar-refractivity contribution in [2.45, 2.75) is 12.5 Å². The van der Waals surface area contributed by atoms with Crippen molar-refractivity contribution in [3.63, 3.8) is 0 Å². The molecule has 1 atom stereocenters. The van der Waals surface area contributed by atoms with Crippen molar-refractivity contribution in [1.82, 2.24) is 5.32 Å². The highest BCUT2D eigenvalue weighted by Crippen LogP contribution is 2.34. The van der Waals surface area contributed by atoms with E-state index in [2.05, 4.69) is 11.4 Å². The number of nitrogens with zero attached hydrogens (tertiary/aromatic N) is 1. The molecule has 1 saturated heterocycles. The zero-order valence-corrected chi connectivity index (χ0v) is 8.86. The molecule has 1 aromatic rings. The molecule has 4 heteroatoms. The van der Waals surface area contributed by atoms with Gasteiger partial charge in [-0.15, -0.1) is 0 Å². The summed E-state index contributed by atoms with van der Waals surface area (Å²) in [5.41, 5.74) is 1.45. The molecule has 1 fully saturated rings. The van der Waals surface area contributed by atoms with Crippen LogP contribution in [0.3, 0.4) is 0 Å². The second-order valence-electron chi connectivity index (χ2n) is 3.26. The molecule has 1 unspecified atom stereocenters. The third kappa shape index (κ3) is 1.59. The van der Waals surface area contributed by atoms with E-state index in [1.807, 2.05) is 0 Å². The third-order valence-corrected chi connectivity index (χ3v) is 2.92. The molecule has 72 valence electrons. The minimum Gasteiger partial charge on any atom is -0.310 e. The maximum atomic E-state index is 8.94. The number of nitrogens with one attached hydrogen (secondary N) is 1. The zero-order chi connectivity index (χ0) is 10.1. The first kappa shape index (κ1) is 9.79. The van der Waals surface area contributed by atoms with Gasteiger partial charge in [-0.2, -0.15) is 5.26 Å². The molecule has 0 bridgehead atoms. The van der Waals surface area contributed by atoms with Crippen LogP contribution in [0.15, 0.2) is 12.1 Å². The summed E-state index contributed by atoms with van der Waals surface area (Å²) in [6, 6.07) is 5.67. The molecular weight excluding hydrogens is 219 g/mol. The van der Waals surface area contributed by atoms with Crippen molar-refractivity contribution in [3.05, 3.63) is 33.3 Å². The summed E-state index contributed by atoms with van der Waals surface area (Å²) in [6.45, 7) is 0.981. The monoisotopic (exact) mass is 226 g/mol. The van der Waals surface area contributed by atoms with E-state index in [0.717, 1.165) is 18.5 Å². The van der Waals surface area contributed by atoms with Crippen LogP contribution >= 0.6 is 23.2 Å². The van der Waals surface area contributed by atoms with Crippen LogP contribution in [-0.4, -0.2) is 6.54 Å². The third-order valence-electron chi connectivity index (χ3n) is 2.39. The van der Waals surface area contributed by atoms with E-state index in [9.17, 15) is 0 Å². The van der Waals surface area contributed by atoms with Crippen molar-refractivity contribution in [1.29, 1.82) is 5.26 Å². The van der Waals surface area contributed by atoms with Gasteiger partial charge in [-0.1, -0.05) is 23.2 Å². The maximum Gasteiger partial charge on any atom is 0.0996 e. The Morgan fingerprint density at radius 2 is 2.14 bits per heavy atom. The molecule has 2 rings (SSSR count). The summed E-state index contributed by atoms with van der Waals surface area (Å²) >= 11 is 11.9. The average molecular weight is 227 g/mol. The summed E-state index contributed by atoms with van der Waals surface area (Å²) in [5.74, 6) is 0. The molecule has 0 radical (unpaired) electrons. The Kier molecular flexibility index (Phi) is 2.64. The van der Waals surface area contributed by atoms with Crippen LogP contribution in [0.5, 0.6) is 0 Å². The molecule has 0 aliphatic carbocycles. The second-order valence-corrected chi connectivity index (χ2v) is 4.10. The van der Waals surface area contributed by atoms with Crippen LogP contribution in [0.4, 0.5) is 0 Å². The van der Waals surface area contributed by atoms with Gasteiger partial charge in [0.05, 0.1) is 11.6 Å². The normalized spacial score (nSPS) is 19.9. The number of hydrogen-bond donors (Lipinski definition) is 1. The van der Waals surface area contributed by atoms with Gasteiger partial charge in [0.15, 0.2) is 0 Å². The Balaban J connectivity index is 2.51. The van der Waals surface area contributed by atoms with E-state index in [0.29, 0.717) is 15.6 Å². The highest BCUT2D eigenvalue weighted by atomic mass is 35.5. The summed E-state index contributed by atoms with van der Waals surface area (Å²) < 4.78 is 0. The van der Waals surface area contributed by atoms with Crippen molar-refractivity contribution < 1.29 is 0 Å². The standard InChI is InChI=1S/C10H8Cl2N2/c11-7-3-6(5-13)10(8(12)4-7)9-1-2-14-9/h3-4,9,14H,1-2H2. The lowest BCUT2D eigenvalue weighted by atomic mass is 9.94. The van der Waals surface area contributed by atoms with Gasteiger partial charge in [0, 0.05) is 21.7 Å². The molecule has 0 amide bonds. The van der Waals surface area contributed by atoms with Crippen LogP contribution < -0.4 is 5.32 Å². The van der Waals surface area contributed by atoms with Crippen LogP contribution in [0.2, 0.25) is 10.0 Å². The van der Waals surface area contributed by atoms with Gasteiger partial charge in [0.1, 0.15) is 0 Å². The van der Waals surface area contributed by atoms with Crippen LogP contribution in [0, 0.1) is 11.3 Å². The second kappa shape index (κ2) is 3.78. The fourth-order valence-electron chi connectivity index (χ4n) is 1.57. The molecule has 0 saturated carbocycles. The first-order chi connectivity index (χ1) is 6.72. The van der Waals surface area contributed by atoms with Crippen molar-refractivity contribution >= 4 is 23.2 Å². The van der Waals surface area contributed by atoms with Gasteiger partial charge in [-0.25, -0.2) is 0 Å². The number of halogens is 2. The fourth-order valence-corrected chi connectivity index (χ4v) is 2.19. The molecule has 0 spiro atoms. The topological polar surface area (TPSA) is 35.8 Å². The SMILES string of the molecule is N#Cc1cc(Cl)cc(Cl)c1C1CCN1. The summed E-state index contributed by atoms with van der Waals surface area (Å²) in [6.07, 6.45) is 1.02. The van der Waals surface area contributed by atoms with Gasteiger partial charge in [0.25, 0.3) is 0 Å². The predicted octanol–water partition coefficient (Wildman–Crippen LogP) is 2.90. The lowest BCUT2D eigenvalue weighted by Gasteiger charge is -2.29. The van der Waals surface area contributed by atoms with Gasteiger partial charge >= 0.3 is 0 Å². The molecule has 1 N–H and O–H groups in total. The minimum atomic E-state index is 0.217. The largest absolute Gasteiger partial charge is 0.310 e. The first-order valence-electron chi connectivity index (χ1n) is 4.35. The van der Waals surface area contributed by atoms with Crippen LogP contribution in [0.25, 0.3) is 0 Å². The molecule has 14 heavy (non-hydrogen) atoms. The summed E-state index contributed by atoms with van der Waals surface area (Å²) in [4.78, 5) is 0. The first-order valence-corrected chi connectivity index (χ1v) is 5.10. The highest BCUT2D eigenvalue weighted by molar-refractivity contribution is 6.35. The van der Waals surface area contributed by atoms with E-state index in [1.54, 1.807) is 12.1 Å². The lowest BCUT2D eigenvalue weighted by molar-refractivity contribution is 0.383. The predicted molar refractivity (Wildman–Crippen MR) is 56.5 cm³/mol. The van der Waals surface area contributed by atoms with E-state index < -0.39 is 0 Å². The maximum absolute atomic E-state index is 8.94. The molecule has 2 nitrogen and oxygen atoms in total. The van der Waals surface area contributed by atoms with Crippen LogP contribution in [-0.2, 0) is 0 Å². The molecule has 1 aliphatic heterocycles. The van der Waals surface area contributed by atoms with E-state index >= 15 is 0 Å². The minimum absolute atomic E-state index is 0.217. The highest BCUT2D eigenvalue weighted by Gasteiger charge is 2.24. The van der Waals surface area contributed by atoms with Gasteiger partial charge in [-0.3, -0.25) is 0 Å². The van der Waals surface area contributed by atoms with Crippen molar-refractivity contribution in [3.8, 4) is 6.07 Å². The number of hydrogen-bond acceptors (Lipinski definition) is 2.